The molecule has 3 N–H and O–H groups in total. The molecule has 0 bridgehead atoms. The van der Waals surface area contributed by atoms with E-state index in [-0.39, 0.29) is 11.3 Å². The van der Waals surface area contributed by atoms with E-state index in [2.05, 4.69) is 19.2 Å². The summed E-state index contributed by atoms with van der Waals surface area (Å²) >= 11 is 0. The Morgan fingerprint density at radius 1 is 1.20 bits per heavy atom. The van der Waals surface area contributed by atoms with Crippen molar-refractivity contribution in [1.82, 2.24) is 5.32 Å². The average Bonchev–Trinajstić information content (AvgIpc) is 2.50. The first-order chi connectivity index (χ1) is 9.60. The highest BCUT2D eigenvalue weighted by Gasteiger charge is 2.25. The molecule has 0 heterocycles. The number of ether oxygens (including phenoxy) is 1. The van der Waals surface area contributed by atoms with Crippen LogP contribution in [0.3, 0.4) is 0 Å². The van der Waals surface area contributed by atoms with Gasteiger partial charge in [0, 0.05) is 12.1 Å². The Labute approximate surface area is 121 Å². The van der Waals surface area contributed by atoms with Crippen LogP contribution in [0.15, 0.2) is 24.3 Å². The van der Waals surface area contributed by atoms with Gasteiger partial charge in [0.2, 0.25) is 0 Å². The van der Waals surface area contributed by atoms with E-state index in [4.69, 9.17) is 10.5 Å². The predicted molar refractivity (Wildman–Crippen MR) is 82.0 cm³/mol. The van der Waals surface area contributed by atoms with Gasteiger partial charge >= 0.3 is 0 Å². The quantitative estimate of drug-likeness (QED) is 0.768. The molecular formula is C16H26N2O2. The monoisotopic (exact) mass is 278 g/mol. The molecular weight excluding hydrogens is 252 g/mol. The molecule has 1 rings (SSSR count). The van der Waals surface area contributed by atoms with Crippen molar-refractivity contribution in [3.8, 4) is 5.75 Å². The Morgan fingerprint density at radius 3 is 2.25 bits per heavy atom. The van der Waals surface area contributed by atoms with Gasteiger partial charge in [0.15, 0.2) is 0 Å². The molecule has 0 saturated heterocycles. The highest BCUT2D eigenvalue weighted by atomic mass is 16.5. The molecule has 0 fully saturated rings. The normalized spacial score (nSPS) is 11.2. The van der Waals surface area contributed by atoms with E-state index in [1.807, 2.05) is 19.1 Å². The molecule has 4 heteroatoms. The Kier molecular flexibility index (Phi) is 6.52. The minimum absolute atomic E-state index is 0.000915. The molecule has 1 aromatic rings. The highest BCUT2D eigenvalue weighted by molar-refractivity contribution is 5.94. The Balaban J connectivity index is 2.62. The van der Waals surface area contributed by atoms with Crippen LogP contribution in [-0.4, -0.2) is 25.6 Å². The third-order valence-corrected chi connectivity index (χ3v) is 3.98. The molecule has 0 atom stereocenters. The maximum atomic E-state index is 12.1. The predicted octanol–water partition coefficient (Wildman–Crippen LogP) is 2.58. The molecule has 4 nitrogen and oxygen atoms in total. The van der Waals surface area contributed by atoms with Crippen molar-refractivity contribution in [3.63, 3.8) is 0 Å². The van der Waals surface area contributed by atoms with Crippen LogP contribution in [-0.2, 0) is 0 Å². The Bertz CT molecular complexity index is 403. The van der Waals surface area contributed by atoms with E-state index in [9.17, 15) is 4.79 Å². The molecule has 112 valence electrons. The maximum Gasteiger partial charge on any atom is 0.251 e. The summed E-state index contributed by atoms with van der Waals surface area (Å²) in [5.74, 6) is 0.718. The summed E-state index contributed by atoms with van der Waals surface area (Å²) in [4.78, 5) is 12.1. The van der Waals surface area contributed by atoms with Gasteiger partial charge in [-0.25, -0.2) is 0 Å². The Morgan fingerprint density at radius 2 is 1.80 bits per heavy atom. The third-order valence-electron chi connectivity index (χ3n) is 3.98. The Hall–Kier alpha value is -1.55. The number of amides is 1. The van der Waals surface area contributed by atoms with E-state index in [0.717, 1.165) is 18.6 Å². The minimum atomic E-state index is -0.0622. The van der Waals surface area contributed by atoms with Crippen molar-refractivity contribution in [2.75, 3.05) is 19.7 Å². The van der Waals surface area contributed by atoms with Crippen LogP contribution in [0.2, 0.25) is 0 Å². The smallest absolute Gasteiger partial charge is 0.251 e. The molecule has 20 heavy (non-hydrogen) atoms. The standard InChI is InChI=1S/C16H26N2O2/c1-4-16(5-2,11-17)12-18-15(19)13-7-9-14(10-8-13)20-6-3/h7-10H,4-6,11-12,17H2,1-3H3,(H,18,19). The van der Waals surface area contributed by atoms with Crippen molar-refractivity contribution in [1.29, 1.82) is 0 Å². The number of carbonyl (C=O) groups excluding carboxylic acids is 1. The van der Waals surface area contributed by atoms with Crippen LogP contribution in [0.5, 0.6) is 5.75 Å². The molecule has 0 aliphatic heterocycles. The van der Waals surface area contributed by atoms with E-state index in [0.29, 0.717) is 25.3 Å². The zero-order valence-corrected chi connectivity index (χ0v) is 12.7. The summed E-state index contributed by atoms with van der Waals surface area (Å²) in [5, 5.41) is 2.98. The van der Waals surface area contributed by atoms with E-state index >= 15 is 0 Å². The van der Waals surface area contributed by atoms with Gasteiger partial charge in [0.05, 0.1) is 6.61 Å². The number of nitrogens with one attached hydrogen (secondary N) is 1. The molecule has 1 amide bonds. The first-order valence-corrected chi connectivity index (χ1v) is 7.32. The van der Waals surface area contributed by atoms with Crippen LogP contribution < -0.4 is 15.8 Å². The zero-order chi connectivity index (χ0) is 15.0. The second-order valence-corrected chi connectivity index (χ2v) is 5.05. The van der Waals surface area contributed by atoms with Crippen molar-refractivity contribution in [3.05, 3.63) is 29.8 Å². The summed E-state index contributed by atoms with van der Waals surface area (Å²) in [7, 11) is 0. The summed E-state index contributed by atoms with van der Waals surface area (Å²) in [6, 6.07) is 7.19. The molecule has 0 aromatic heterocycles. The van der Waals surface area contributed by atoms with Crippen LogP contribution in [0.1, 0.15) is 44.0 Å². The summed E-state index contributed by atoms with van der Waals surface area (Å²) in [5.41, 5.74) is 6.48. The highest BCUT2D eigenvalue weighted by Crippen LogP contribution is 2.23. The van der Waals surface area contributed by atoms with Crippen molar-refractivity contribution in [2.45, 2.75) is 33.6 Å². The number of rotatable bonds is 8. The number of benzene rings is 1. The third kappa shape index (κ3) is 4.23. The van der Waals surface area contributed by atoms with Gasteiger partial charge in [0.25, 0.3) is 5.91 Å². The SMILES string of the molecule is CCOc1ccc(C(=O)NCC(CC)(CC)CN)cc1. The number of nitrogens with two attached hydrogens (primary N) is 1. The lowest BCUT2D eigenvalue weighted by Gasteiger charge is -2.30. The molecule has 0 unspecified atom stereocenters. The van der Waals surface area contributed by atoms with Crippen molar-refractivity contribution < 1.29 is 9.53 Å². The summed E-state index contributed by atoms with van der Waals surface area (Å²) in [6.45, 7) is 7.98. The first-order valence-electron chi connectivity index (χ1n) is 7.32. The van der Waals surface area contributed by atoms with E-state index in [1.165, 1.54) is 0 Å². The molecule has 0 saturated carbocycles. The van der Waals surface area contributed by atoms with E-state index < -0.39 is 0 Å². The number of hydrogen-bond donors (Lipinski definition) is 2. The summed E-state index contributed by atoms with van der Waals surface area (Å²) in [6.07, 6.45) is 1.92. The van der Waals surface area contributed by atoms with Gasteiger partial charge in [-0.05, 0) is 56.0 Å². The number of hydrogen-bond acceptors (Lipinski definition) is 3. The van der Waals surface area contributed by atoms with Gasteiger partial charge in [-0.2, -0.15) is 0 Å². The maximum absolute atomic E-state index is 12.1. The van der Waals surface area contributed by atoms with Gasteiger partial charge in [-0.3, -0.25) is 4.79 Å². The zero-order valence-electron chi connectivity index (χ0n) is 12.7. The fourth-order valence-corrected chi connectivity index (χ4v) is 2.10. The second-order valence-electron chi connectivity index (χ2n) is 5.05. The van der Waals surface area contributed by atoms with Gasteiger partial charge in [0.1, 0.15) is 5.75 Å². The molecule has 0 radical (unpaired) electrons. The first kappa shape index (κ1) is 16.5. The van der Waals surface area contributed by atoms with Gasteiger partial charge in [-0.1, -0.05) is 13.8 Å². The lowest BCUT2D eigenvalue weighted by atomic mass is 9.82. The van der Waals surface area contributed by atoms with Crippen molar-refractivity contribution in [2.24, 2.45) is 11.1 Å². The largest absolute Gasteiger partial charge is 0.494 e. The van der Waals surface area contributed by atoms with Gasteiger partial charge < -0.3 is 15.8 Å². The molecule has 1 aromatic carbocycles. The summed E-state index contributed by atoms with van der Waals surface area (Å²) < 4.78 is 5.36. The molecule has 0 aliphatic rings. The van der Waals surface area contributed by atoms with Crippen LogP contribution in [0, 0.1) is 5.41 Å². The van der Waals surface area contributed by atoms with Crippen molar-refractivity contribution >= 4 is 5.91 Å². The molecule has 0 spiro atoms. The molecule has 0 aliphatic carbocycles. The van der Waals surface area contributed by atoms with Crippen LogP contribution in [0.25, 0.3) is 0 Å². The average molecular weight is 278 g/mol. The second kappa shape index (κ2) is 7.90. The topological polar surface area (TPSA) is 64.3 Å². The fraction of sp³-hybridized carbons (Fsp3) is 0.562. The van der Waals surface area contributed by atoms with Gasteiger partial charge in [-0.15, -0.1) is 0 Å². The lowest BCUT2D eigenvalue weighted by Crippen LogP contribution is -2.41. The van der Waals surface area contributed by atoms with Crippen LogP contribution >= 0.6 is 0 Å². The fourth-order valence-electron chi connectivity index (χ4n) is 2.10. The lowest BCUT2D eigenvalue weighted by molar-refractivity contribution is 0.0928. The van der Waals surface area contributed by atoms with E-state index in [1.54, 1.807) is 12.1 Å². The number of carbonyl (C=O) groups is 1. The van der Waals surface area contributed by atoms with Crippen LogP contribution in [0.4, 0.5) is 0 Å². The minimum Gasteiger partial charge on any atom is -0.494 e.